The van der Waals surface area contributed by atoms with Crippen LogP contribution in [-0.2, 0) is 28.7 Å². The van der Waals surface area contributed by atoms with Crippen LogP contribution in [-0.4, -0.2) is 164 Å². The van der Waals surface area contributed by atoms with E-state index in [-0.39, 0.29) is 46.0 Å². The number of nitrogens with zero attached hydrogens (tertiary/aromatic N) is 4. The van der Waals surface area contributed by atoms with Crippen LogP contribution in [0.4, 0.5) is 0 Å². The van der Waals surface area contributed by atoms with Crippen LogP contribution in [0.5, 0.6) is 0 Å². The zero-order valence-electron chi connectivity index (χ0n) is 19.0. The topological polar surface area (TPSA) is 160 Å². The van der Waals surface area contributed by atoms with Gasteiger partial charge in [0.15, 0.2) is 0 Å². The zero-order chi connectivity index (χ0) is 24.5. The van der Waals surface area contributed by atoms with Gasteiger partial charge in [0.05, 0.1) is 52.6 Å². The van der Waals surface area contributed by atoms with Crippen LogP contribution in [0.1, 0.15) is 0 Å². The van der Waals surface area contributed by atoms with Crippen molar-refractivity contribution in [1.82, 2.24) is 19.6 Å². The van der Waals surface area contributed by atoms with E-state index in [1.54, 1.807) is 14.7 Å². The second-order valence-corrected chi connectivity index (χ2v) is 7.70. The molecule has 0 bridgehead atoms. The van der Waals surface area contributed by atoms with Gasteiger partial charge in [0.25, 0.3) is 0 Å². The smallest absolute Gasteiger partial charge is 0.317 e. The van der Waals surface area contributed by atoms with E-state index in [4.69, 9.17) is 24.8 Å². The van der Waals surface area contributed by atoms with Crippen molar-refractivity contribution in [3.05, 3.63) is 0 Å². The fourth-order valence-electron chi connectivity index (χ4n) is 3.33. The van der Waals surface area contributed by atoms with Gasteiger partial charge in [-0.05, 0) is 0 Å². The van der Waals surface area contributed by atoms with Crippen LogP contribution in [0.15, 0.2) is 0 Å². The SMILES string of the molecule is O=CCN1CCOCCN(CC(=O)O)CCN(CC(=O)O)CCOCCN(CC(=O)O)CC1. The van der Waals surface area contributed by atoms with Gasteiger partial charge in [-0.2, -0.15) is 0 Å². The Morgan fingerprint density at radius 1 is 0.576 bits per heavy atom. The number of aldehydes is 1. The fraction of sp³-hybridized carbons (Fsp3) is 0.800. The Balaban J connectivity index is 2.78. The summed E-state index contributed by atoms with van der Waals surface area (Å²) in [4.78, 5) is 51.5. The number of ether oxygens (including phenoxy) is 2. The number of carbonyl (C=O) groups is 4. The Morgan fingerprint density at radius 2 is 0.879 bits per heavy atom. The zero-order valence-corrected chi connectivity index (χ0v) is 19.0. The van der Waals surface area contributed by atoms with Gasteiger partial charge in [-0.1, -0.05) is 0 Å². The molecular formula is C20H36N4O9. The first-order valence-electron chi connectivity index (χ1n) is 10.9. The van der Waals surface area contributed by atoms with Gasteiger partial charge >= 0.3 is 17.9 Å². The standard InChI is InChI=1S/C20H36N4O9/c25-10-5-21-1-2-22(15-18(26)27)7-13-33-14-9-24(17-20(30)31)4-3-23(16-19(28)29)8-12-32-11-6-21/h10H,1-9,11-17H2,(H,26,27)(H,28,29)(H,30,31). The summed E-state index contributed by atoms with van der Waals surface area (Å²) in [5, 5.41) is 27.5. The summed E-state index contributed by atoms with van der Waals surface area (Å²) >= 11 is 0. The first-order valence-corrected chi connectivity index (χ1v) is 10.9. The molecule has 1 aliphatic rings. The van der Waals surface area contributed by atoms with Crippen molar-refractivity contribution in [3.63, 3.8) is 0 Å². The molecule has 1 fully saturated rings. The van der Waals surface area contributed by atoms with E-state index in [0.717, 1.165) is 6.29 Å². The van der Waals surface area contributed by atoms with Crippen LogP contribution < -0.4 is 0 Å². The molecule has 1 saturated heterocycles. The third-order valence-electron chi connectivity index (χ3n) is 5.08. The van der Waals surface area contributed by atoms with Crippen LogP contribution in [0.3, 0.4) is 0 Å². The highest BCUT2D eigenvalue weighted by molar-refractivity contribution is 5.69. The molecule has 0 aromatic heterocycles. The Hall–Kier alpha value is -2.16. The summed E-state index contributed by atoms with van der Waals surface area (Å²) in [6.07, 6.45) is 0.786. The number of carboxylic acid groups (broad SMARTS) is 3. The number of aliphatic carboxylic acids is 3. The predicted octanol–water partition coefficient (Wildman–Crippen LogP) is -2.31. The lowest BCUT2D eigenvalue weighted by Gasteiger charge is -2.27. The fourth-order valence-corrected chi connectivity index (χ4v) is 3.33. The lowest BCUT2D eigenvalue weighted by atomic mass is 10.3. The minimum atomic E-state index is -0.988. The Kier molecular flexibility index (Phi) is 15.2. The molecule has 190 valence electrons. The average Bonchev–Trinajstić information content (AvgIpc) is 2.72. The molecule has 3 N–H and O–H groups in total. The molecule has 0 radical (unpaired) electrons. The molecular weight excluding hydrogens is 440 g/mol. The summed E-state index contributed by atoms with van der Waals surface area (Å²) in [7, 11) is 0. The number of carboxylic acids is 3. The van der Waals surface area contributed by atoms with Gasteiger partial charge in [-0.15, -0.1) is 0 Å². The van der Waals surface area contributed by atoms with Crippen molar-refractivity contribution in [2.75, 3.05) is 105 Å². The quantitative estimate of drug-likeness (QED) is 0.321. The first kappa shape index (κ1) is 28.9. The third kappa shape index (κ3) is 15.3. The minimum absolute atomic E-state index is 0.153. The van der Waals surface area contributed by atoms with Gasteiger partial charge in [0.1, 0.15) is 6.29 Å². The average molecular weight is 477 g/mol. The number of hydrogen-bond acceptors (Lipinski definition) is 10. The van der Waals surface area contributed by atoms with E-state index in [1.165, 1.54) is 0 Å². The molecule has 0 atom stereocenters. The Labute approximate surface area is 193 Å². The number of hydrogen-bond donors (Lipinski definition) is 3. The summed E-state index contributed by atoms with van der Waals surface area (Å²) in [5.74, 6) is -2.92. The second kappa shape index (κ2) is 17.3. The van der Waals surface area contributed by atoms with Crippen LogP contribution in [0.2, 0.25) is 0 Å². The monoisotopic (exact) mass is 476 g/mol. The Morgan fingerprint density at radius 3 is 1.18 bits per heavy atom. The third-order valence-corrected chi connectivity index (χ3v) is 5.08. The molecule has 0 aliphatic carbocycles. The van der Waals surface area contributed by atoms with E-state index < -0.39 is 17.9 Å². The molecule has 0 unspecified atom stereocenters. The molecule has 1 aliphatic heterocycles. The molecule has 13 heteroatoms. The summed E-state index contributed by atoms with van der Waals surface area (Å²) in [6, 6.07) is 0. The van der Waals surface area contributed by atoms with Crippen molar-refractivity contribution < 1.29 is 44.0 Å². The lowest BCUT2D eigenvalue weighted by molar-refractivity contribution is -0.140. The summed E-state index contributed by atoms with van der Waals surface area (Å²) < 4.78 is 11.2. The van der Waals surface area contributed by atoms with E-state index >= 15 is 0 Å². The Bertz CT molecular complexity index is 608. The van der Waals surface area contributed by atoms with Crippen molar-refractivity contribution in [1.29, 1.82) is 0 Å². The molecule has 0 saturated carbocycles. The largest absolute Gasteiger partial charge is 0.480 e. The van der Waals surface area contributed by atoms with Crippen molar-refractivity contribution in [2.45, 2.75) is 0 Å². The maximum absolute atomic E-state index is 11.2. The van der Waals surface area contributed by atoms with E-state index in [0.29, 0.717) is 59.0 Å². The van der Waals surface area contributed by atoms with Gasteiger partial charge in [0, 0.05) is 52.4 Å². The van der Waals surface area contributed by atoms with E-state index in [1.807, 2.05) is 4.90 Å². The van der Waals surface area contributed by atoms with Crippen LogP contribution >= 0.6 is 0 Å². The van der Waals surface area contributed by atoms with Gasteiger partial charge < -0.3 is 29.6 Å². The maximum Gasteiger partial charge on any atom is 0.317 e. The molecule has 1 heterocycles. The number of rotatable bonds is 8. The van der Waals surface area contributed by atoms with Crippen LogP contribution in [0.25, 0.3) is 0 Å². The van der Waals surface area contributed by atoms with Crippen molar-refractivity contribution in [3.8, 4) is 0 Å². The van der Waals surface area contributed by atoms with Gasteiger partial charge in [-0.3, -0.25) is 34.0 Å². The second-order valence-electron chi connectivity index (χ2n) is 7.70. The van der Waals surface area contributed by atoms with Crippen molar-refractivity contribution >= 4 is 24.2 Å². The first-order chi connectivity index (χ1) is 15.8. The molecule has 13 nitrogen and oxygen atoms in total. The highest BCUT2D eigenvalue weighted by Gasteiger charge is 2.16. The highest BCUT2D eigenvalue weighted by Crippen LogP contribution is 1.98. The minimum Gasteiger partial charge on any atom is -0.480 e. The number of carbonyl (C=O) groups excluding carboxylic acids is 1. The molecule has 33 heavy (non-hydrogen) atoms. The summed E-state index contributed by atoms with van der Waals surface area (Å²) in [6.45, 7) is 3.99. The maximum atomic E-state index is 11.2. The summed E-state index contributed by atoms with van der Waals surface area (Å²) in [5.41, 5.74) is 0. The normalized spacial score (nSPS) is 20.5. The molecule has 0 amide bonds. The van der Waals surface area contributed by atoms with Gasteiger partial charge in [-0.25, -0.2) is 0 Å². The van der Waals surface area contributed by atoms with Crippen molar-refractivity contribution in [2.24, 2.45) is 0 Å². The van der Waals surface area contributed by atoms with E-state index in [9.17, 15) is 19.2 Å². The molecule has 0 spiro atoms. The lowest BCUT2D eigenvalue weighted by Crippen LogP contribution is -2.43. The molecule has 0 aromatic rings. The highest BCUT2D eigenvalue weighted by atomic mass is 16.5. The molecule has 0 aromatic carbocycles. The molecule has 1 rings (SSSR count). The van der Waals surface area contributed by atoms with E-state index in [2.05, 4.69) is 0 Å². The predicted molar refractivity (Wildman–Crippen MR) is 116 cm³/mol. The van der Waals surface area contributed by atoms with Crippen LogP contribution in [0, 0.1) is 0 Å². The van der Waals surface area contributed by atoms with Gasteiger partial charge in [0.2, 0.25) is 0 Å².